The first-order valence-electron chi connectivity index (χ1n) is 3.73. The second-order valence-electron chi connectivity index (χ2n) is 2.80. The maximum atomic E-state index is 10.4. The van der Waals surface area contributed by atoms with E-state index < -0.39 is 12.1 Å². The molecular formula is C8H14N2O2. The van der Waals surface area contributed by atoms with Crippen molar-refractivity contribution >= 4 is 6.03 Å². The summed E-state index contributed by atoms with van der Waals surface area (Å²) in [6.45, 7) is 5.44. The van der Waals surface area contributed by atoms with E-state index in [0.29, 0.717) is 5.06 Å². The lowest BCUT2D eigenvalue weighted by atomic mass is 10.2. The molecule has 0 fully saturated rings. The van der Waals surface area contributed by atoms with Gasteiger partial charge >= 0.3 is 6.03 Å². The Morgan fingerprint density at radius 2 is 1.92 bits per heavy atom. The van der Waals surface area contributed by atoms with Crippen LogP contribution < -0.4 is 5.73 Å². The minimum Gasteiger partial charge on any atom is -0.350 e. The molecule has 0 saturated carbocycles. The van der Waals surface area contributed by atoms with Gasteiger partial charge in [-0.1, -0.05) is 25.7 Å². The second kappa shape index (κ2) is 4.62. The average Bonchev–Trinajstić information content (AvgIpc) is 1.98. The lowest BCUT2D eigenvalue weighted by molar-refractivity contribution is -0.0537. The van der Waals surface area contributed by atoms with E-state index >= 15 is 0 Å². The van der Waals surface area contributed by atoms with Crippen molar-refractivity contribution in [2.75, 3.05) is 0 Å². The molecule has 0 saturated heterocycles. The molecule has 4 heteroatoms. The summed E-state index contributed by atoms with van der Waals surface area (Å²) in [7, 11) is 0. The SMILES string of the molecule is CC(C)C#C[C@H](C)N(O)C(N)=O. The molecule has 12 heavy (non-hydrogen) atoms. The normalized spacial score (nSPS) is 11.8. The number of nitrogens with two attached hydrogens (primary N) is 1. The lowest BCUT2D eigenvalue weighted by Crippen LogP contribution is -2.38. The van der Waals surface area contributed by atoms with Gasteiger partial charge in [0.2, 0.25) is 0 Å². The van der Waals surface area contributed by atoms with E-state index in [9.17, 15) is 4.79 Å². The van der Waals surface area contributed by atoms with Gasteiger partial charge in [0.15, 0.2) is 0 Å². The minimum absolute atomic E-state index is 0.216. The number of hydrogen-bond acceptors (Lipinski definition) is 2. The van der Waals surface area contributed by atoms with Crippen LogP contribution in [0.25, 0.3) is 0 Å². The topological polar surface area (TPSA) is 66.6 Å². The molecule has 4 nitrogen and oxygen atoms in total. The van der Waals surface area contributed by atoms with Crippen molar-refractivity contribution in [2.45, 2.75) is 26.8 Å². The summed E-state index contributed by atoms with van der Waals surface area (Å²) in [5.41, 5.74) is 4.81. The second-order valence-corrected chi connectivity index (χ2v) is 2.80. The van der Waals surface area contributed by atoms with E-state index in [2.05, 4.69) is 11.8 Å². The first kappa shape index (κ1) is 10.8. The van der Waals surface area contributed by atoms with E-state index in [4.69, 9.17) is 10.9 Å². The molecule has 0 aliphatic carbocycles. The standard InChI is InChI=1S/C8H14N2O2/c1-6(2)4-5-7(3)10(12)8(9)11/h6-7,12H,1-3H3,(H2,9,11)/t7-/m0/s1. The summed E-state index contributed by atoms with van der Waals surface area (Å²) in [6.07, 6.45) is 0. The zero-order chi connectivity index (χ0) is 9.72. The van der Waals surface area contributed by atoms with Crippen LogP contribution in [0, 0.1) is 17.8 Å². The number of hydroxylamine groups is 2. The van der Waals surface area contributed by atoms with Gasteiger partial charge in [-0.3, -0.25) is 5.21 Å². The first-order chi connectivity index (χ1) is 5.45. The van der Waals surface area contributed by atoms with Crippen LogP contribution in [0.4, 0.5) is 4.79 Å². The Hall–Kier alpha value is -1.21. The predicted octanol–water partition coefficient (Wildman–Crippen LogP) is 0.804. The summed E-state index contributed by atoms with van der Waals surface area (Å²) < 4.78 is 0. The van der Waals surface area contributed by atoms with Gasteiger partial charge in [0.05, 0.1) is 0 Å². The van der Waals surface area contributed by atoms with Crippen molar-refractivity contribution in [3.8, 4) is 11.8 Å². The van der Waals surface area contributed by atoms with Crippen LogP contribution in [0.3, 0.4) is 0 Å². The van der Waals surface area contributed by atoms with Crippen LogP contribution in [0.1, 0.15) is 20.8 Å². The van der Waals surface area contributed by atoms with E-state index in [-0.39, 0.29) is 5.92 Å². The molecule has 2 amide bonds. The zero-order valence-electron chi connectivity index (χ0n) is 7.53. The van der Waals surface area contributed by atoms with Crippen LogP contribution in [-0.4, -0.2) is 22.3 Å². The quantitative estimate of drug-likeness (QED) is 0.347. The fourth-order valence-corrected chi connectivity index (χ4v) is 0.539. The molecule has 0 aromatic heterocycles. The van der Waals surface area contributed by atoms with Gasteiger partial charge in [-0.2, -0.15) is 5.06 Å². The molecule has 0 bridgehead atoms. The highest BCUT2D eigenvalue weighted by Gasteiger charge is 2.11. The van der Waals surface area contributed by atoms with Gasteiger partial charge in [-0.25, -0.2) is 4.79 Å². The number of nitrogens with zero attached hydrogens (tertiary/aromatic N) is 1. The van der Waals surface area contributed by atoms with E-state index in [1.54, 1.807) is 6.92 Å². The fourth-order valence-electron chi connectivity index (χ4n) is 0.539. The highest BCUT2D eigenvalue weighted by Crippen LogP contribution is 1.94. The maximum Gasteiger partial charge on any atom is 0.339 e. The molecule has 0 spiro atoms. The zero-order valence-corrected chi connectivity index (χ0v) is 7.53. The summed E-state index contributed by atoms with van der Waals surface area (Å²) in [5, 5.41) is 9.38. The Kier molecular flexibility index (Phi) is 4.16. The van der Waals surface area contributed by atoms with Crippen molar-refractivity contribution in [3.05, 3.63) is 0 Å². The molecule has 1 atom stereocenters. The highest BCUT2D eigenvalue weighted by atomic mass is 16.5. The summed E-state index contributed by atoms with van der Waals surface area (Å²) >= 11 is 0. The van der Waals surface area contributed by atoms with E-state index in [1.807, 2.05) is 13.8 Å². The highest BCUT2D eigenvalue weighted by molar-refractivity contribution is 5.71. The van der Waals surface area contributed by atoms with Crippen molar-refractivity contribution in [1.29, 1.82) is 0 Å². The molecular weight excluding hydrogens is 156 g/mol. The van der Waals surface area contributed by atoms with Crippen molar-refractivity contribution in [1.82, 2.24) is 5.06 Å². The Morgan fingerprint density at radius 3 is 2.25 bits per heavy atom. The van der Waals surface area contributed by atoms with Gasteiger partial charge in [0, 0.05) is 5.92 Å². The minimum atomic E-state index is -0.888. The molecule has 0 aliphatic rings. The molecule has 0 unspecified atom stereocenters. The largest absolute Gasteiger partial charge is 0.350 e. The third-order valence-corrected chi connectivity index (χ3v) is 1.17. The molecule has 0 aliphatic heterocycles. The predicted molar refractivity (Wildman–Crippen MR) is 45.3 cm³/mol. The lowest BCUT2D eigenvalue weighted by Gasteiger charge is -2.14. The average molecular weight is 170 g/mol. The van der Waals surface area contributed by atoms with Gasteiger partial charge in [-0.05, 0) is 6.92 Å². The van der Waals surface area contributed by atoms with Gasteiger partial charge < -0.3 is 5.73 Å². The van der Waals surface area contributed by atoms with Crippen LogP contribution in [0.2, 0.25) is 0 Å². The molecule has 3 N–H and O–H groups in total. The Morgan fingerprint density at radius 1 is 1.42 bits per heavy atom. The van der Waals surface area contributed by atoms with Crippen molar-refractivity contribution in [3.63, 3.8) is 0 Å². The maximum absolute atomic E-state index is 10.4. The van der Waals surface area contributed by atoms with Gasteiger partial charge in [-0.15, -0.1) is 0 Å². The van der Waals surface area contributed by atoms with Gasteiger partial charge in [0.25, 0.3) is 0 Å². The monoisotopic (exact) mass is 170 g/mol. The first-order valence-corrected chi connectivity index (χ1v) is 3.73. The number of rotatable bonds is 1. The third-order valence-electron chi connectivity index (χ3n) is 1.17. The number of hydrogen-bond donors (Lipinski definition) is 2. The Bertz CT molecular complexity index is 215. The Labute approximate surface area is 72.3 Å². The van der Waals surface area contributed by atoms with Crippen LogP contribution in [0.5, 0.6) is 0 Å². The Balaban J connectivity index is 4.15. The molecule has 0 aromatic carbocycles. The fraction of sp³-hybridized carbons (Fsp3) is 0.625. The number of amides is 2. The van der Waals surface area contributed by atoms with Crippen LogP contribution in [-0.2, 0) is 0 Å². The number of urea groups is 1. The molecule has 0 heterocycles. The third kappa shape index (κ3) is 3.84. The van der Waals surface area contributed by atoms with E-state index in [0.717, 1.165) is 0 Å². The van der Waals surface area contributed by atoms with Crippen LogP contribution in [0.15, 0.2) is 0 Å². The molecule has 0 radical (unpaired) electrons. The van der Waals surface area contributed by atoms with Crippen molar-refractivity contribution in [2.24, 2.45) is 11.7 Å². The summed E-state index contributed by atoms with van der Waals surface area (Å²) in [4.78, 5) is 10.4. The number of carbonyl (C=O) groups excluding carboxylic acids is 1. The van der Waals surface area contributed by atoms with Crippen LogP contribution >= 0.6 is 0 Å². The number of primary amides is 1. The molecule has 68 valence electrons. The van der Waals surface area contributed by atoms with Crippen molar-refractivity contribution < 1.29 is 10.0 Å². The number of carbonyl (C=O) groups is 1. The molecule has 0 aromatic rings. The van der Waals surface area contributed by atoms with Gasteiger partial charge in [0.1, 0.15) is 6.04 Å². The summed E-state index contributed by atoms with van der Waals surface area (Å²) in [6, 6.07) is -1.44. The molecule has 0 rings (SSSR count). The smallest absolute Gasteiger partial charge is 0.339 e. The summed E-state index contributed by atoms with van der Waals surface area (Å²) in [5.74, 6) is 5.73. The van der Waals surface area contributed by atoms with E-state index in [1.165, 1.54) is 0 Å².